The van der Waals surface area contributed by atoms with Crippen LogP contribution in [0.25, 0.3) is 0 Å². The number of nitrogens with zero attached hydrogens (tertiary/aromatic N) is 1. The number of anilines is 1. The number of nitrogens with one attached hydrogen (secondary N) is 1. The van der Waals surface area contributed by atoms with E-state index >= 15 is 0 Å². The lowest BCUT2D eigenvalue weighted by molar-refractivity contribution is 0.306. The molecule has 0 bridgehead atoms. The lowest BCUT2D eigenvalue weighted by atomic mass is 10.3. The number of ether oxygens (including phenoxy) is 1. The average molecular weight is 301 g/mol. The highest BCUT2D eigenvalue weighted by molar-refractivity contribution is 7.92. The summed E-state index contributed by atoms with van der Waals surface area (Å²) in [5.41, 5.74) is 5.72. The maximum atomic E-state index is 11.7. The van der Waals surface area contributed by atoms with Crippen molar-refractivity contribution in [2.75, 3.05) is 17.1 Å². The average Bonchev–Trinajstić information content (AvgIpc) is 2.35. The number of benzene rings is 1. The summed E-state index contributed by atoms with van der Waals surface area (Å²) in [6.07, 6.45) is 0. The molecule has 0 aliphatic carbocycles. The van der Waals surface area contributed by atoms with E-state index in [1.165, 1.54) is 0 Å². The molecule has 0 amide bonds. The van der Waals surface area contributed by atoms with Gasteiger partial charge in [-0.05, 0) is 30.2 Å². The van der Waals surface area contributed by atoms with E-state index in [9.17, 15) is 8.42 Å². The molecule has 0 fully saturated rings. The van der Waals surface area contributed by atoms with Crippen molar-refractivity contribution in [1.29, 1.82) is 0 Å². The molecule has 7 nitrogen and oxygen atoms in total. The van der Waals surface area contributed by atoms with Gasteiger partial charge < -0.3 is 15.7 Å². The van der Waals surface area contributed by atoms with Crippen molar-refractivity contribution in [2.45, 2.75) is 13.8 Å². The van der Waals surface area contributed by atoms with E-state index < -0.39 is 10.0 Å². The Hall–Kier alpha value is -1.96. The van der Waals surface area contributed by atoms with Crippen molar-refractivity contribution in [3.8, 4) is 5.75 Å². The van der Waals surface area contributed by atoms with Crippen LogP contribution in [-0.4, -0.2) is 31.8 Å². The number of amidine groups is 1. The monoisotopic (exact) mass is 301 g/mol. The topological polar surface area (TPSA) is 114 Å². The summed E-state index contributed by atoms with van der Waals surface area (Å²) >= 11 is 0. The van der Waals surface area contributed by atoms with Crippen molar-refractivity contribution >= 4 is 21.5 Å². The van der Waals surface area contributed by atoms with Crippen LogP contribution >= 0.6 is 0 Å². The second-order valence-electron chi connectivity index (χ2n) is 4.68. The van der Waals surface area contributed by atoms with E-state index in [1.54, 1.807) is 24.3 Å². The Bertz CT molecular complexity index is 553. The van der Waals surface area contributed by atoms with Gasteiger partial charge in [0.1, 0.15) is 12.4 Å². The summed E-state index contributed by atoms with van der Waals surface area (Å²) in [6.45, 7) is 3.63. The number of rotatable bonds is 7. The van der Waals surface area contributed by atoms with Crippen molar-refractivity contribution in [2.24, 2.45) is 16.8 Å². The van der Waals surface area contributed by atoms with Crippen LogP contribution < -0.4 is 15.2 Å². The first-order valence-electron chi connectivity index (χ1n) is 6.02. The minimum Gasteiger partial charge on any atom is -0.486 e. The molecule has 112 valence electrons. The molecule has 1 aromatic carbocycles. The Labute approximate surface area is 118 Å². The number of oxime groups is 1. The molecule has 4 N–H and O–H groups in total. The predicted octanol–water partition coefficient (Wildman–Crippen LogP) is 1.21. The largest absolute Gasteiger partial charge is 0.486 e. The molecule has 0 aliphatic rings. The first kappa shape index (κ1) is 16.1. The number of hydrogen-bond acceptors (Lipinski definition) is 5. The van der Waals surface area contributed by atoms with Gasteiger partial charge in [-0.1, -0.05) is 19.0 Å². The molecule has 1 rings (SSSR count). The summed E-state index contributed by atoms with van der Waals surface area (Å²) in [7, 11) is -3.34. The first-order valence-corrected chi connectivity index (χ1v) is 7.67. The summed E-state index contributed by atoms with van der Waals surface area (Å²) in [4.78, 5) is 0. The van der Waals surface area contributed by atoms with E-state index in [-0.39, 0.29) is 24.1 Å². The zero-order chi connectivity index (χ0) is 15.2. The molecule has 0 atom stereocenters. The number of nitrogens with two attached hydrogens (primary N) is 1. The summed E-state index contributed by atoms with van der Waals surface area (Å²) in [5.74, 6) is 0.556. The van der Waals surface area contributed by atoms with Gasteiger partial charge in [0, 0.05) is 5.69 Å². The van der Waals surface area contributed by atoms with Gasteiger partial charge in [-0.2, -0.15) is 0 Å². The lowest BCUT2D eigenvalue weighted by Crippen LogP contribution is -2.21. The zero-order valence-corrected chi connectivity index (χ0v) is 12.2. The third-order valence-corrected chi connectivity index (χ3v) is 3.85. The second-order valence-corrected chi connectivity index (χ2v) is 6.45. The Morgan fingerprint density at radius 2 is 2.00 bits per heavy atom. The van der Waals surface area contributed by atoms with E-state index in [0.29, 0.717) is 11.4 Å². The second kappa shape index (κ2) is 6.99. The van der Waals surface area contributed by atoms with E-state index in [1.807, 2.05) is 13.8 Å². The maximum absolute atomic E-state index is 11.7. The minimum atomic E-state index is -3.34. The molecule has 0 saturated heterocycles. The summed E-state index contributed by atoms with van der Waals surface area (Å²) in [5, 5.41) is 11.1. The van der Waals surface area contributed by atoms with Crippen LogP contribution in [0.1, 0.15) is 13.8 Å². The number of sulfonamides is 1. The standard InChI is InChI=1S/C12H19N3O4S/c1-9(2)8-20(17,18)15-10-3-5-11(6-4-10)19-7-12(13)14-16/h3-6,9,15-16H,7-8H2,1-2H3,(H2,13,14). The SMILES string of the molecule is CC(C)CS(=O)(=O)Nc1ccc(OCC(N)=NO)cc1. The third-order valence-electron chi connectivity index (χ3n) is 2.20. The molecule has 0 aliphatic heterocycles. The Morgan fingerprint density at radius 1 is 1.40 bits per heavy atom. The molecule has 0 aromatic heterocycles. The van der Waals surface area contributed by atoms with Gasteiger partial charge >= 0.3 is 0 Å². The lowest BCUT2D eigenvalue weighted by Gasteiger charge is -2.10. The summed E-state index contributed by atoms with van der Waals surface area (Å²) < 4.78 is 31.2. The third kappa shape index (κ3) is 5.79. The molecule has 20 heavy (non-hydrogen) atoms. The van der Waals surface area contributed by atoms with Gasteiger partial charge in [-0.25, -0.2) is 8.42 Å². The maximum Gasteiger partial charge on any atom is 0.232 e. The van der Waals surface area contributed by atoms with E-state index in [0.717, 1.165) is 0 Å². The highest BCUT2D eigenvalue weighted by atomic mass is 32.2. The van der Waals surface area contributed by atoms with Crippen molar-refractivity contribution in [3.63, 3.8) is 0 Å². The Balaban J connectivity index is 2.63. The van der Waals surface area contributed by atoms with Crippen LogP contribution in [0.5, 0.6) is 5.75 Å². The number of hydrogen-bond donors (Lipinski definition) is 3. The van der Waals surface area contributed by atoms with Gasteiger partial charge in [0.15, 0.2) is 5.84 Å². The molecule has 0 heterocycles. The van der Waals surface area contributed by atoms with Gasteiger partial charge in [0.05, 0.1) is 5.75 Å². The molecule has 1 aromatic rings. The highest BCUT2D eigenvalue weighted by Gasteiger charge is 2.12. The van der Waals surface area contributed by atoms with Crippen LogP contribution in [0.2, 0.25) is 0 Å². The van der Waals surface area contributed by atoms with Crippen LogP contribution in [-0.2, 0) is 10.0 Å². The van der Waals surface area contributed by atoms with Crippen molar-refractivity contribution in [1.82, 2.24) is 0 Å². The Morgan fingerprint density at radius 3 is 2.50 bits per heavy atom. The normalized spacial score (nSPS) is 12.4. The quantitative estimate of drug-likeness (QED) is 0.303. The fraction of sp³-hybridized carbons (Fsp3) is 0.417. The van der Waals surface area contributed by atoms with Crippen LogP contribution in [0.4, 0.5) is 5.69 Å². The smallest absolute Gasteiger partial charge is 0.232 e. The molecule has 0 spiro atoms. The van der Waals surface area contributed by atoms with Gasteiger partial charge in [0.2, 0.25) is 10.0 Å². The molecule has 8 heteroatoms. The fourth-order valence-electron chi connectivity index (χ4n) is 1.47. The minimum absolute atomic E-state index is 0.0467. The molecular formula is C12H19N3O4S. The van der Waals surface area contributed by atoms with E-state index in [4.69, 9.17) is 15.7 Å². The van der Waals surface area contributed by atoms with Crippen LogP contribution in [0.3, 0.4) is 0 Å². The van der Waals surface area contributed by atoms with Crippen molar-refractivity contribution in [3.05, 3.63) is 24.3 Å². The zero-order valence-electron chi connectivity index (χ0n) is 11.4. The van der Waals surface area contributed by atoms with Gasteiger partial charge in [-0.3, -0.25) is 4.72 Å². The van der Waals surface area contributed by atoms with Gasteiger partial charge in [-0.15, -0.1) is 0 Å². The van der Waals surface area contributed by atoms with Crippen molar-refractivity contribution < 1.29 is 18.4 Å². The van der Waals surface area contributed by atoms with Gasteiger partial charge in [0.25, 0.3) is 0 Å². The highest BCUT2D eigenvalue weighted by Crippen LogP contribution is 2.17. The fourth-order valence-corrected chi connectivity index (χ4v) is 2.92. The first-order chi connectivity index (χ1) is 9.32. The van der Waals surface area contributed by atoms with E-state index in [2.05, 4.69) is 9.88 Å². The molecule has 0 unspecified atom stereocenters. The van der Waals surface area contributed by atoms with Crippen LogP contribution in [0, 0.1) is 5.92 Å². The molecular weight excluding hydrogens is 282 g/mol. The molecule has 0 radical (unpaired) electrons. The molecule has 0 saturated carbocycles. The Kier molecular flexibility index (Phi) is 5.63. The summed E-state index contributed by atoms with van der Waals surface area (Å²) in [6, 6.07) is 6.36. The van der Waals surface area contributed by atoms with Crippen LogP contribution in [0.15, 0.2) is 29.4 Å². The predicted molar refractivity (Wildman–Crippen MR) is 77.6 cm³/mol.